The van der Waals surface area contributed by atoms with Crippen molar-refractivity contribution in [2.45, 2.75) is 17.9 Å². The van der Waals surface area contributed by atoms with E-state index in [2.05, 4.69) is 4.72 Å². The van der Waals surface area contributed by atoms with Crippen LogP contribution >= 0.6 is 11.6 Å². The van der Waals surface area contributed by atoms with Crippen molar-refractivity contribution in [2.24, 2.45) is 0 Å². The predicted octanol–water partition coefficient (Wildman–Crippen LogP) is 4.72. The Morgan fingerprint density at radius 1 is 0.840 bits per heavy atom. The van der Waals surface area contributed by atoms with Crippen molar-refractivity contribution < 1.29 is 8.42 Å². The maximum absolute atomic E-state index is 12.9. The lowest BCUT2D eigenvalue weighted by molar-refractivity contribution is 0.572. The van der Waals surface area contributed by atoms with Crippen LogP contribution in [0.25, 0.3) is 0 Å². The molecule has 1 atom stereocenters. The van der Waals surface area contributed by atoms with Crippen molar-refractivity contribution in [3.8, 4) is 0 Å². The highest BCUT2D eigenvalue weighted by Gasteiger charge is 2.24. The number of aryl methyl sites for hydroxylation is 1. The Hall–Kier alpha value is -2.14. The first-order chi connectivity index (χ1) is 12.0. The van der Waals surface area contributed by atoms with Crippen molar-refractivity contribution in [3.63, 3.8) is 0 Å². The molecule has 0 aliphatic carbocycles. The normalized spacial score (nSPS) is 12.7. The van der Waals surface area contributed by atoms with E-state index in [1.807, 2.05) is 55.5 Å². The summed E-state index contributed by atoms with van der Waals surface area (Å²) < 4.78 is 28.5. The van der Waals surface area contributed by atoms with Crippen molar-refractivity contribution >= 4 is 21.6 Å². The molecule has 3 rings (SSSR count). The lowest BCUT2D eigenvalue weighted by Crippen LogP contribution is -2.29. The van der Waals surface area contributed by atoms with E-state index in [0.29, 0.717) is 10.6 Å². The van der Waals surface area contributed by atoms with Crippen LogP contribution in [0.2, 0.25) is 5.02 Å². The highest BCUT2D eigenvalue weighted by molar-refractivity contribution is 7.89. The Bertz CT molecular complexity index is 955. The van der Waals surface area contributed by atoms with Crippen molar-refractivity contribution in [2.75, 3.05) is 0 Å². The molecule has 25 heavy (non-hydrogen) atoms. The largest absolute Gasteiger partial charge is 0.241 e. The third-order valence-corrected chi connectivity index (χ3v) is 5.74. The molecule has 0 radical (unpaired) electrons. The second kappa shape index (κ2) is 7.40. The summed E-state index contributed by atoms with van der Waals surface area (Å²) in [6.07, 6.45) is 0. The van der Waals surface area contributed by atoms with Gasteiger partial charge in [0.05, 0.1) is 10.9 Å². The average molecular weight is 372 g/mol. The van der Waals surface area contributed by atoms with Gasteiger partial charge in [0.1, 0.15) is 0 Å². The molecule has 0 aliphatic heterocycles. The number of nitrogens with one attached hydrogen (secondary N) is 1. The van der Waals surface area contributed by atoms with E-state index in [1.165, 1.54) is 0 Å². The van der Waals surface area contributed by atoms with Crippen LogP contribution in [-0.2, 0) is 10.0 Å². The van der Waals surface area contributed by atoms with Crippen LogP contribution in [0.5, 0.6) is 0 Å². The van der Waals surface area contributed by atoms with Crippen LogP contribution < -0.4 is 4.72 Å². The van der Waals surface area contributed by atoms with Crippen LogP contribution in [0.3, 0.4) is 0 Å². The quantitative estimate of drug-likeness (QED) is 0.705. The molecule has 3 nitrogen and oxygen atoms in total. The van der Waals surface area contributed by atoms with E-state index in [1.54, 1.807) is 30.3 Å². The molecule has 3 aromatic carbocycles. The molecule has 0 aromatic heterocycles. The second-order valence-corrected chi connectivity index (χ2v) is 7.92. The minimum atomic E-state index is -3.70. The fourth-order valence-corrected chi connectivity index (χ4v) is 4.06. The van der Waals surface area contributed by atoms with Crippen LogP contribution in [0.4, 0.5) is 0 Å². The van der Waals surface area contributed by atoms with E-state index >= 15 is 0 Å². The molecule has 0 saturated heterocycles. The van der Waals surface area contributed by atoms with E-state index in [9.17, 15) is 8.42 Å². The molecule has 0 heterocycles. The van der Waals surface area contributed by atoms with Gasteiger partial charge in [-0.2, -0.15) is 4.72 Å². The standard InChI is InChI=1S/C20H18ClNO2S/c1-15-11-13-17(14-12-15)25(23,24)22-20(16-7-3-2-4-8-16)18-9-5-6-10-19(18)21/h2-14,20,22H,1H3. The van der Waals surface area contributed by atoms with Gasteiger partial charge in [-0.3, -0.25) is 0 Å². The minimum Gasteiger partial charge on any atom is -0.207 e. The van der Waals surface area contributed by atoms with E-state index in [-0.39, 0.29) is 4.90 Å². The molecular weight excluding hydrogens is 354 g/mol. The number of halogens is 1. The molecule has 0 fully saturated rings. The molecule has 0 aliphatic rings. The fourth-order valence-electron chi connectivity index (χ4n) is 2.61. The SMILES string of the molecule is Cc1ccc(S(=O)(=O)NC(c2ccccc2)c2ccccc2Cl)cc1. The third-order valence-electron chi connectivity index (χ3n) is 3.95. The van der Waals surface area contributed by atoms with Gasteiger partial charge in [-0.15, -0.1) is 0 Å². The summed E-state index contributed by atoms with van der Waals surface area (Å²) in [7, 11) is -3.70. The van der Waals surface area contributed by atoms with Gasteiger partial charge in [-0.25, -0.2) is 8.42 Å². The lowest BCUT2D eigenvalue weighted by atomic mass is 10.00. The summed E-state index contributed by atoms with van der Waals surface area (Å²) in [5, 5.41) is 0.517. The highest BCUT2D eigenvalue weighted by Crippen LogP contribution is 2.29. The molecule has 5 heteroatoms. The summed E-state index contributed by atoms with van der Waals surface area (Å²) in [5.74, 6) is 0. The second-order valence-electron chi connectivity index (χ2n) is 5.80. The zero-order chi connectivity index (χ0) is 17.9. The molecule has 0 saturated carbocycles. The predicted molar refractivity (Wildman–Crippen MR) is 101 cm³/mol. The Morgan fingerprint density at radius 2 is 1.44 bits per heavy atom. The van der Waals surface area contributed by atoms with Crippen LogP contribution in [0.15, 0.2) is 83.8 Å². The average Bonchev–Trinajstić information content (AvgIpc) is 2.61. The molecule has 128 valence electrons. The summed E-state index contributed by atoms with van der Waals surface area (Å²) in [5.41, 5.74) is 2.54. The van der Waals surface area contributed by atoms with Crippen LogP contribution in [0, 0.1) is 6.92 Å². The maximum atomic E-state index is 12.9. The number of sulfonamides is 1. The van der Waals surface area contributed by atoms with Gasteiger partial charge >= 0.3 is 0 Å². The van der Waals surface area contributed by atoms with Crippen LogP contribution in [0.1, 0.15) is 22.7 Å². The topological polar surface area (TPSA) is 46.2 Å². The van der Waals surface area contributed by atoms with Gasteiger partial charge in [0.25, 0.3) is 0 Å². The molecular formula is C20H18ClNO2S. The minimum absolute atomic E-state index is 0.228. The molecule has 0 amide bonds. The third kappa shape index (κ3) is 4.10. The number of benzene rings is 3. The Kier molecular flexibility index (Phi) is 5.23. The van der Waals surface area contributed by atoms with E-state index in [0.717, 1.165) is 11.1 Å². The lowest BCUT2D eigenvalue weighted by Gasteiger charge is -2.21. The maximum Gasteiger partial charge on any atom is 0.241 e. The zero-order valence-corrected chi connectivity index (χ0v) is 15.3. The Balaban J connectivity index is 2.04. The van der Waals surface area contributed by atoms with Crippen molar-refractivity contribution in [3.05, 3.63) is 101 Å². The molecule has 0 spiro atoms. The molecule has 1 unspecified atom stereocenters. The highest BCUT2D eigenvalue weighted by atomic mass is 35.5. The smallest absolute Gasteiger partial charge is 0.207 e. The van der Waals surface area contributed by atoms with Gasteiger partial charge in [0.15, 0.2) is 0 Å². The molecule has 3 aromatic rings. The van der Waals surface area contributed by atoms with Crippen molar-refractivity contribution in [1.29, 1.82) is 0 Å². The zero-order valence-electron chi connectivity index (χ0n) is 13.7. The summed E-state index contributed by atoms with van der Waals surface area (Å²) in [6, 6.07) is 22.9. The van der Waals surface area contributed by atoms with E-state index < -0.39 is 16.1 Å². The summed E-state index contributed by atoms with van der Waals surface area (Å²) in [6.45, 7) is 1.92. The van der Waals surface area contributed by atoms with Gasteiger partial charge < -0.3 is 0 Å². The van der Waals surface area contributed by atoms with E-state index in [4.69, 9.17) is 11.6 Å². The summed E-state index contributed by atoms with van der Waals surface area (Å²) >= 11 is 6.33. The number of hydrogen-bond acceptors (Lipinski definition) is 2. The number of hydrogen-bond donors (Lipinski definition) is 1. The number of rotatable bonds is 5. The Morgan fingerprint density at radius 3 is 2.08 bits per heavy atom. The fraction of sp³-hybridized carbons (Fsp3) is 0.100. The first kappa shape index (κ1) is 17.7. The first-order valence-electron chi connectivity index (χ1n) is 7.86. The van der Waals surface area contributed by atoms with Crippen LogP contribution in [-0.4, -0.2) is 8.42 Å². The van der Waals surface area contributed by atoms with Gasteiger partial charge in [-0.1, -0.05) is 77.8 Å². The molecule has 0 bridgehead atoms. The first-order valence-corrected chi connectivity index (χ1v) is 9.72. The van der Waals surface area contributed by atoms with Gasteiger partial charge in [-0.05, 0) is 36.2 Å². The molecule has 1 N–H and O–H groups in total. The van der Waals surface area contributed by atoms with Gasteiger partial charge in [0.2, 0.25) is 10.0 Å². The summed E-state index contributed by atoms with van der Waals surface area (Å²) in [4.78, 5) is 0.228. The Labute approximate surface area is 153 Å². The monoisotopic (exact) mass is 371 g/mol. The van der Waals surface area contributed by atoms with Crippen molar-refractivity contribution in [1.82, 2.24) is 4.72 Å². The van der Waals surface area contributed by atoms with Gasteiger partial charge in [0, 0.05) is 5.02 Å².